The van der Waals surface area contributed by atoms with Crippen LogP contribution in [-0.2, 0) is 23.2 Å². The van der Waals surface area contributed by atoms with Crippen molar-refractivity contribution in [1.29, 1.82) is 5.26 Å². The fourth-order valence-electron chi connectivity index (χ4n) is 2.89. The largest absolute Gasteiger partial charge is 0.372 e. The number of aryl methyl sites for hydroxylation is 1. The molecule has 2 aromatic heterocycles. The molecule has 0 aromatic carbocycles. The van der Waals surface area contributed by atoms with Crippen LogP contribution in [0.4, 0.5) is 5.82 Å². The molecule has 1 amide bonds. The van der Waals surface area contributed by atoms with E-state index in [-0.39, 0.29) is 0 Å². The third-order valence-electron chi connectivity index (χ3n) is 4.68. The minimum Gasteiger partial charge on any atom is -0.372 e. The van der Waals surface area contributed by atoms with Crippen LogP contribution in [0, 0.1) is 18.3 Å². The minimum atomic E-state index is -0.913. The number of allylic oxidation sites excluding steroid dienone is 2. The number of nitrogens with two attached hydrogens (primary N) is 1. The number of anilines is 1. The van der Waals surface area contributed by atoms with E-state index < -0.39 is 11.4 Å². The Balaban J connectivity index is 1.96. The molecule has 26 heavy (non-hydrogen) atoms. The Labute approximate surface area is 151 Å². The average molecular weight is 351 g/mol. The lowest BCUT2D eigenvalue weighted by atomic mass is 10.1. The van der Waals surface area contributed by atoms with Crippen molar-refractivity contribution in [2.75, 3.05) is 12.4 Å². The Kier molecular flexibility index (Phi) is 4.24. The predicted molar refractivity (Wildman–Crippen MR) is 97.2 cm³/mol. The van der Waals surface area contributed by atoms with Gasteiger partial charge in [-0.05, 0) is 20.8 Å². The van der Waals surface area contributed by atoms with Crippen LogP contribution in [0.15, 0.2) is 12.3 Å². The molecular weight excluding hydrogens is 330 g/mol. The molecule has 0 radical (unpaired) electrons. The lowest BCUT2D eigenvalue weighted by Crippen LogP contribution is -2.41. The molecule has 0 spiro atoms. The maximum Gasteiger partial charge on any atom is 0.244 e. The van der Waals surface area contributed by atoms with Gasteiger partial charge in [-0.25, -0.2) is 9.97 Å². The summed E-state index contributed by atoms with van der Waals surface area (Å²) >= 11 is 0. The van der Waals surface area contributed by atoms with Crippen LogP contribution in [0.2, 0.25) is 0 Å². The highest BCUT2D eigenvalue weighted by Gasteiger charge is 2.29. The summed E-state index contributed by atoms with van der Waals surface area (Å²) in [5, 5.41) is 16.7. The topological polar surface area (TPSA) is 123 Å². The Hall–Kier alpha value is -3.21. The van der Waals surface area contributed by atoms with Gasteiger partial charge < -0.3 is 11.1 Å². The number of nitrogens with one attached hydrogen (secondary N) is 1. The standard InChI is InChI=1S/C18H21N7O/c1-10-12(9-25(24-10)18(2,3)17(20)26)7-14-22-13-6-5-11(8-19)15(13)16(21-4)23-14/h5,9H,6-7H2,1-4H3,(H2,20,26)(H,21,22,23). The maximum absolute atomic E-state index is 11.7. The van der Waals surface area contributed by atoms with E-state index >= 15 is 0 Å². The van der Waals surface area contributed by atoms with E-state index in [0.29, 0.717) is 30.1 Å². The highest BCUT2D eigenvalue weighted by atomic mass is 16.1. The number of nitrogens with zero attached hydrogens (tertiary/aromatic N) is 5. The maximum atomic E-state index is 11.7. The fourth-order valence-corrected chi connectivity index (χ4v) is 2.89. The molecule has 0 saturated heterocycles. The number of primary amides is 1. The molecule has 0 atom stereocenters. The Bertz CT molecular complexity index is 963. The van der Waals surface area contributed by atoms with Crippen molar-refractivity contribution in [2.24, 2.45) is 5.73 Å². The second-order valence-electron chi connectivity index (χ2n) is 6.78. The van der Waals surface area contributed by atoms with Crippen molar-refractivity contribution >= 4 is 17.3 Å². The first-order valence-corrected chi connectivity index (χ1v) is 8.31. The SMILES string of the molecule is CNc1nc(Cc2cn(C(C)(C)C(N)=O)nc2C)nc2c1C(C#N)=CC2. The van der Waals surface area contributed by atoms with Gasteiger partial charge >= 0.3 is 0 Å². The predicted octanol–water partition coefficient (Wildman–Crippen LogP) is 1.30. The van der Waals surface area contributed by atoms with Crippen LogP contribution in [0.3, 0.4) is 0 Å². The summed E-state index contributed by atoms with van der Waals surface area (Å²) in [5.41, 5.74) is 8.51. The van der Waals surface area contributed by atoms with Crippen molar-refractivity contribution in [2.45, 2.75) is 39.2 Å². The third kappa shape index (κ3) is 2.81. The summed E-state index contributed by atoms with van der Waals surface area (Å²) in [7, 11) is 1.78. The molecular formula is C18H21N7O. The van der Waals surface area contributed by atoms with E-state index in [0.717, 1.165) is 22.5 Å². The first-order valence-electron chi connectivity index (χ1n) is 8.31. The van der Waals surface area contributed by atoms with Crippen LogP contribution >= 0.6 is 0 Å². The fraction of sp³-hybridized carbons (Fsp3) is 0.389. The van der Waals surface area contributed by atoms with Crippen molar-refractivity contribution in [3.8, 4) is 6.07 Å². The van der Waals surface area contributed by atoms with Gasteiger partial charge in [0.05, 0.1) is 28.6 Å². The molecule has 8 nitrogen and oxygen atoms in total. The first kappa shape index (κ1) is 17.6. The minimum absolute atomic E-state index is 0.451. The number of nitriles is 1. The van der Waals surface area contributed by atoms with Crippen molar-refractivity contribution in [3.63, 3.8) is 0 Å². The van der Waals surface area contributed by atoms with Gasteiger partial charge in [0.15, 0.2) is 0 Å². The number of carbonyl (C=O) groups excluding carboxylic acids is 1. The van der Waals surface area contributed by atoms with Crippen LogP contribution < -0.4 is 11.1 Å². The number of fused-ring (bicyclic) bond motifs is 1. The van der Waals surface area contributed by atoms with Gasteiger partial charge in [0.25, 0.3) is 0 Å². The van der Waals surface area contributed by atoms with Crippen molar-refractivity contribution in [3.05, 3.63) is 40.6 Å². The highest BCUT2D eigenvalue weighted by Crippen LogP contribution is 2.31. The molecule has 0 aliphatic heterocycles. The van der Waals surface area contributed by atoms with Crippen LogP contribution in [0.25, 0.3) is 5.57 Å². The average Bonchev–Trinajstić information content (AvgIpc) is 3.18. The summed E-state index contributed by atoms with van der Waals surface area (Å²) in [4.78, 5) is 20.8. The summed E-state index contributed by atoms with van der Waals surface area (Å²) in [6.45, 7) is 5.34. The number of hydrogen-bond donors (Lipinski definition) is 2. The van der Waals surface area contributed by atoms with Gasteiger partial charge in [-0.3, -0.25) is 9.48 Å². The number of hydrogen-bond acceptors (Lipinski definition) is 6. The quantitative estimate of drug-likeness (QED) is 0.837. The Morgan fingerprint density at radius 2 is 2.19 bits per heavy atom. The van der Waals surface area contributed by atoms with Gasteiger partial charge in [-0.15, -0.1) is 0 Å². The summed E-state index contributed by atoms with van der Waals surface area (Å²) in [6, 6.07) is 2.19. The van der Waals surface area contributed by atoms with Crippen molar-refractivity contribution < 1.29 is 4.79 Å². The zero-order chi connectivity index (χ0) is 19.1. The zero-order valence-corrected chi connectivity index (χ0v) is 15.3. The van der Waals surface area contributed by atoms with E-state index in [4.69, 9.17) is 5.73 Å². The normalized spacial score (nSPS) is 13.1. The summed E-state index contributed by atoms with van der Waals surface area (Å²) in [6.07, 6.45) is 4.78. The number of carbonyl (C=O) groups is 1. The lowest BCUT2D eigenvalue weighted by molar-refractivity contribution is -0.125. The third-order valence-corrected chi connectivity index (χ3v) is 4.68. The Morgan fingerprint density at radius 3 is 2.81 bits per heavy atom. The molecule has 1 aliphatic carbocycles. The molecule has 0 bridgehead atoms. The van der Waals surface area contributed by atoms with Crippen LogP contribution in [0.5, 0.6) is 0 Å². The molecule has 3 rings (SSSR count). The van der Waals surface area contributed by atoms with E-state index in [1.54, 1.807) is 25.6 Å². The van der Waals surface area contributed by atoms with Gasteiger partial charge in [-0.1, -0.05) is 6.08 Å². The molecule has 2 aromatic rings. The molecule has 2 heterocycles. The zero-order valence-electron chi connectivity index (χ0n) is 15.3. The van der Waals surface area contributed by atoms with Crippen LogP contribution in [-0.4, -0.2) is 32.7 Å². The monoisotopic (exact) mass is 351 g/mol. The number of amides is 1. The number of rotatable bonds is 5. The molecule has 0 fully saturated rings. The second-order valence-corrected chi connectivity index (χ2v) is 6.78. The summed E-state index contributed by atoms with van der Waals surface area (Å²) < 4.78 is 1.59. The molecule has 134 valence electrons. The van der Waals surface area contributed by atoms with E-state index in [1.807, 2.05) is 19.2 Å². The first-order chi connectivity index (χ1) is 12.3. The van der Waals surface area contributed by atoms with Gasteiger partial charge in [0.2, 0.25) is 5.91 Å². The summed E-state index contributed by atoms with van der Waals surface area (Å²) in [5.74, 6) is 0.839. The van der Waals surface area contributed by atoms with E-state index in [1.165, 1.54) is 0 Å². The Morgan fingerprint density at radius 1 is 1.46 bits per heavy atom. The highest BCUT2D eigenvalue weighted by molar-refractivity contribution is 5.87. The molecule has 0 unspecified atom stereocenters. The van der Waals surface area contributed by atoms with Crippen molar-refractivity contribution in [1.82, 2.24) is 19.7 Å². The smallest absolute Gasteiger partial charge is 0.244 e. The van der Waals surface area contributed by atoms with Gasteiger partial charge in [0.1, 0.15) is 17.2 Å². The van der Waals surface area contributed by atoms with E-state index in [2.05, 4.69) is 26.5 Å². The van der Waals surface area contributed by atoms with Crippen LogP contribution in [0.1, 0.15) is 42.2 Å². The van der Waals surface area contributed by atoms with E-state index in [9.17, 15) is 10.1 Å². The lowest BCUT2D eigenvalue weighted by Gasteiger charge is -2.20. The van der Waals surface area contributed by atoms with Gasteiger partial charge in [0, 0.05) is 31.6 Å². The second kappa shape index (κ2) is 6.26. The van der Waals surface area contributed by atoms with Gasteiger partial charge in [-0.2, -0.15) is 10.4 Å². The molecule has 0 saturated carbocycles. The molecule has 3 N–H and O–H groups in total. The molecule has 1 aliphatic rings. The number of aromatic nitrogens is 4. The molecule has 8 heteroatoms.